The molecule has 0 rings (SSSR count). The molecule has 4 N–H and O–H groups in total. The Balaban J connectivity index is 4.01. The third-order valence-corrected chi connectivity index (χ3v) is 1.22. The number of nitrogens with two attached hydrogens (primary N) is 1. The van der Waals surface area contributed by atoms with Gasteiger partial charge < -0.3 is 0 Å². The summed E-state index contributed by atoms with van der Waals surface area (Å²) in [7, 11) is 0. The lowest BCUT2D eigenvalue weighted by Gasteiger charge is -2.01. The Hall–Kier alpha value is -0.770. The molecule has 0 unspecified atom stereocenters. The Kier molecular flexibility index (Phi) is 3.79. The van der Waals surface area contributed by atoms with Crippen molar-refractivity contribution in [1.82, 2.24) is 5.48 Å². The smallest absolute Gasteiger partial charge is 0.289 e. The van der Waals surface area contributed by atoms with Crippen LogP contribution in [0.3, 0.4) is 0 Å². The lowest BCUT2D eigenvalue weighted by atomic mass is 10.6. The molecule has 0 bridgehead atoms. The first kappa shape index (κ1) is 8.23. The van der Waals surface area contributed by atoms with Gasteiger partial charge in [-0.05, 0) is 13.8 Å². The van der Waals surface area contributed by atoms with E-state index in [-0.39, 0.29) is 0 Å². The highest BCUT2D eigenvalue weighted by molar-refractivity contribution is 5.71. The number of hydrogen-bond donors (Lipinski definition) is 3. The average molecular weight is 132 g/mol. The van der Waals surface area contributed by atoms with Crippen LogP contribution in [0.1, 0.15) is 13.8 Å². The van der Waals surface area contributed by atoms with Crippen molar-refractivity contribution in [3.8, 4) is 0 Å². The third kappa shape index (κ3) is 2.32. The van der Waals surface area contributed by atoms with Crippen LogP contribution in [0.4, 0.5) is 0 Å². The molecule has 0 radical (unpaired) electrons. The van der Waals surface area contributed by atoms with Crippen LogP contribution in [0.25, 0.3) is 0 Å². The van der Waals surface area contributed by atoms with Gasteiger partial charge >= 0.3 is 5.96 Å². The van der Waals surface area contributed by atoms with Gasteiger partial charge in [-0.1, -0.05) is 0 Å². The lowest BCUT2D eigenvalue weighted by molar-refractivity contribution is -0.525. The SMILES string of the molecule is CC[N+](CC)=C(N)NO. The fraction of sp³-hybridized carbons (Fsp3) is 0.800. The van der Waals surface area contributed by atoms with Crippen LogP contribution in [-0.4, -0.2) is 28.8 Å². The van der Waals surface area contributed by atoms with Crippen LogP contribution in [0.2, 0.25) is 0 Å². The molecule has 0 saturated carbocycles. The molecule has 0 aliphatic carbocycles. The van der Waals surface area contributed by atoms with Gasteiger partial charge in [-0.25, -0.2) is 5.21 Å². The monoisotopic (exact) mass is 132 g/mol. The number of nitrogens with zero attached hydrogens (tertiary/aromatic N) is 1. The van der Waals surface area contributed by atoms with Gasteiger partial charge in [-0.15, -0.1) is 5.48 Å². The molecule has 0 heterocycles. The maximum absolute atomic E-state index is 8.31. The summed E-state index contributed by atoms with van der Waals surface area (Å²) in [4.78, 5) is 0. The van der Waals surface area contributed by atoms with Gasteiger partial charge in [0.15, 0.2) is 0 Å². The predicted molar refractivity (Wildman–Crippen MR) is 35.5 cm³/mol. The van der Waals surface area contributed by atoms with E-state index in [1.54, 1.807) is 4.58 Å². The quantitative estimate of drug-likeness (QED) is 0.202. The molecule has 0 aliphatic rings. The van der Waals surface area contributed by atoms with Crippen LogP contribution in [0.5, 0.6) is 0 Å². The van der Waals surface area contributed by atoms with Crippen molar-refractivity contribution in [2.75, 3.05) is 13.1 Å². The molecular formula is C5H14N3O+. The first-order chi connectivity index (χ1) is 4.26. The van der Waals surface area contributed by atoms with Crippen molar-refractivity contribution >= 4 is 5.96 Å². The van der Waals surface area contributed by atoms with Crippen molar-refractivity contribution in [1.29, 1.82) is 0 Å². The largest absolute Gasteiger partial charge is 0.371 e. The van der Waals surface area contributed by atoms with E-state index in [1.807, 2.05) is 19.3 Å². The number of hydrogen-bond acceptors (Lipinski definition) is 1. The van der Waals surface area contributed by atoms with Crippen LogP contribution >= 0.6 is 0 Å². The van der Waals surface area contributed by atoms with Crippen molar-refractivity contribution in [3.63, 3.8) is 0 Å². The summed E-state index contributed by atoms with van der Waals surface area (Å²) < 4.78 is 1.81. The zero-order chi connectivity index (χ0) is 7.28. The minimum Gasteiger partial charge on any atom is -0.289 e. The molecule has 0 saturated heterocycles. The highest BCUT2D eigenvalue weighted by Gasteiger charge is 1.99. The average Bonchev–Trinajstić information content (AvgIpc) is 1.90. The standard InChI is InChI=1S/C5H13N3O/c1-3-8(4-2)5(6)7-9/h3-4H2,1-2H3,(H3,6,7,9)/p+1. The molecule has 0 fully saturated rings. The summed E-state index contributed by atoms with van der Waals surface area (Å²) in [5.41, 5.74) is 7.21. The molecule has 54 valence electrons. The molecule has 0 atom stereocenters. The Labute approximate surface area is 54.9 Å². The molecule has 4 nitrogen and oxygen atoms in total. The molecule has 4 heteroatoms. The van der Waals surface area contributed by atoms with E-state index in [1.165, 1.54) is 0 Å². The van der Waals surface area contributed by atoms with E-state index < -0.39 is 0 Å². The molecule has 0 aliphatic heterocycles. The Morgan fingerprint density at radius 3 is 2.11 bits per heavy atom. The number of rotatable bonds is 2. The molecule has 0 aromatic carbocycles. The van der Waals surface area contributed by atoms with E-state index in [2.05, 4.69) is 0 Å². The first-order valence-electron chi connectivity index (χ1n) is 3.03. The van der Waals surface area contributed by atoms with Crippen molar-refractivity contribution in [2.24, 2.45) is 5.73 Å². The summed E-state index contributed by atoms with van der Waals surface area (Å²) in [5, 5.41) is 8.31. The summed E-state index contributed by atoms with van der Waals surface area (Å²) in [6.07, 6.45) is 0. The second-order valence-corrected chi connectivity index (χ2v) is 1.67. The van der Waals surface area contributed by atoms with Crippen molar-refractivity contribution in [2.45, 2.75) is 13.8 Å². The zero-order valence-corrected chi connectivity index (χ0v) is 5.89. The Morgan fingerprint density at radius 2 is 2.00 bits per heavy atom. The molecule has 0 aromatic heterocycles. The Bertz CT molecular complexity index is 105. The molecule has 0 spiro atoms. The summed E-state index contributed by atoms with van der Waals surface area (Å²) in [5.74, 6) is 0.306. The third-order valence-electron chi connectivity index (χ3n) is 1.22. The topological polar surface area (TPSA) is 61.3 Å². The summed E-state index contributed by atoms with van der Waals surface area (Å²) in [6.45, 7) is 5.53. The normalized spacial score (nSPS) is 8.78. The van der Waals surface area contributed by atoms with E-state index in [9.17, 15) is 0 Å². The highest BCUT2D eigenvalue weighted by Crippen LogP contribution is 1.71. The van der Waals surface area contributed by atoms with Gasteiger partial charge in [0.2, 0.25) is 0 Å². The fourth-order valence-corrected chi connectivity index (χ4v) is 0.635. The van der Waals surface area contributed by atoms with Gasteiger partial charge in [-0.3, -0.25) is 10.3 Å². The molecule has 0 aromatic rings. The molecule has 0 amide bonds. The fourth-order valence-electron chi connectivity index (χ4n) is 0.635. The zero-order valence-electron chi connectivity index (χ0n) is 5.89. The maximum atomic E-state index is 8.31. The number of hydroxylamine groups is 1. The van der Waals surface area contributed by atoms with Crippen LogP contribution in [-0.2, 0) is 0 Å². The minimum atomic E-state index is 0.306. The van der Waals surface area contributed by atoms with E-state index in [0.29, 0.717) is 5.96 Å². The molecular weight excluding hydrogens is 118 g/mol. The van der Waals surface area contributed by atoms with Gasteiger partial charge in [0, 0.05) is 0 Å². The van der Waals surface area contributed by atoms with Gasteiger partial charge in [0.25, 0.3) is 0 Å². The summed E-state index contributed by atoms with van der Waals surface area (Å²) in [6, 6.07) is 0. The van der Waals surface area contributed by atoms with E-state index in [4.69, 9.17) is 10.9 Å². The predicted octanol–water partition coefficient (Wildman–Crippen LogP) is -0.668. The van der Waals surface area contributed by atoms with Gasteiger partial charge in [0.05, 0.1) is 13.1 Å². The first-order valence-corrected chi connectivity index (χ1v) is 3.03. The van der Waals surface area contributed by atoms with Gasteiger partial charge in [0.1, 0.15) is 0 Å². The van der Waals surface area contributed by atoms with E-state index >= 15 is 0 Å². The second kappa shape index (κ2) is 4.14. The number of nitrogens with one attached hydrogen (secondary N) is 1. The highest BCUT2D eigenvalue weighted by atomic mass is 16.5. The van der Waals surface area contributed by atoms with Crippen molar-refractivity contribution in [3.05, 3.63) is 0 Å². The van der Waals surface area contributed by atoms with Crippen molar-refractivity contribution < 1.29 is 9.78 Å². The Morgan fingerprint density at radius 1 is 1.56 bits per heavy atom. The van der Waals surface area contributed by atoms with Crippen LogP contribution in [0, 0.1) is 0 Å². The lowest BCUT2D eigenvalue weighted by Crippen LogP contribution is -2.38. The van der Waals surface area contributed by atoms with Crippen LogP contribution < -0.4 is 11.2 Å². The van der Waals surface area contributed by atoms with Crippen LogP contribution in [0.15, 0.2) is 0 Å². The second-order valence-electron chi connectivity index (χ2n) is 1.67. The maximum Gasteiger partial charge on any atom is 0.371 e. The van der Waals surface area contributed by atoms with E-state index in [0.717, 1.165) is 13.1 Å². The molecule has 9 heavy (non-hydrogen) atoms. The minimum absolute atomic E-state index is 0.306. The number of guanidine groups is 1. The van der Waals surface area contributed by atoms with Gasteiger partial charge in [-0.2, -0.15) is 0 Å². The summed E-state index contributed by atoms with van der Waals surface area (Å²) >= 11 is 0.